The molecule has 1 aliphatic heterocycles. The van der Waals surface area contributed by atoms with Crippen molar-refractivity contribution in [2.75, 3.05) is 16.8 Å². The second-order valence-corrected chi connectivity index (χ2v) is 6.07. The third-order valence-corrected chi connectivity index (χ3v) is 4.33. The number of hydrogen-bond acceptors (Lipinski definition) is 4. The summed E-state index contributed by atoms with van der Waals surface area (Å²) in [6, 6.07) is 6.67. The molecule has 2 aromatic rings. The van der Waals surface area contributed by atoms with Crippen LogP contribution >= 0.6 is 23.2 Å². The van der Waals surface area contributed by atoms with E-state index in [1.807, 2.05) is 6.07 Å². The van der Waals surface area contributed by atoms with Gasteiger partial charge in [0.2, 0.25) is 5.91 Å². The van der Waals surface area contributed by atoms with Crippen molar-refractivity contribution in [2.24, 2.45) is 7.05 Å². The molecule has 3 rings (SSSR count). The van der Waals surface area contributed by atoms with E-state index in [1.54, 1.807) is 23.1 Å². The number of nitrogens with zero attached hydrogens (tertiary/aromatic N) is 3. The molecule has 0 aliphatic carbocycles. The van der Waals surface area contributed by atoms with Gasteiger partial charge in [-0.3, -0.25) is 9.59 Å². The zero-order valence-electron chi connectivity index (χ0n) is 12.3. The lowest BCUT2D eigenvalue weighted by Crippen LogP contribution is -2.34. The Bertz CT molecular complexity index is 821. The van der Waals surface area contributed by atoms with Crippen LogP contribution in [0.4, 0.5) is 11.4 Å². The Kier molecular flexibility index (Phi) is 4.28. The highest BCUT2D eigenvalue weighted by atomic mass is 35.5. The quantitative estimate of drug-likeness (QED) is 0.920. The number of anilines is 2. The molecule has 1 aromatic carbocycles. The molecule has 1 unspecified atom stereocenters. The van der Waals surface area contributed by atoms with Crippen LogP contribution in [-0.4, -0.2) is 28.3 Å². The van der Waals surface area contributed by atoms with Crippen molar-refractivity contribution in [3.05, 3.63) is 50.9 Å². The van der Waals surface area contributed by atoms with Crippen LogP contribution in [-0.2, 0) is 11.8 Å². The Morgan fingerprint density at radius 1 is 1.30 bits per heavy atom. The normalized spacial score (nSPS) is 17.6. The van der Waals surface area contributed by atoms with Gasteiger partial charge in [0.15, 0.2) is 0 Å². The van der Waals surface area contributed by atoms with Crippen molar-refractivity contribution in [1.29, 1.82) is 0 Å². The molecule has 8 heteroatoms. The lowest BCUT2D eigenvalue weighted by atomic mass is 10.2. The molecule has 0 bridgehead atoms. The number of carbonyl (C=O) groups is 1. The Labute approximate surface area is 142 Å². The number of halogens is 2. The molecular formula is C15H14Cl2N4O2. The molecule has 1 aromatic heterocycles. The minimum Gasteiger partial charge on any atom is -0.371 e. The largest absolute Gasteiger partial charge is 0.371 e. The first-order valence-electron chi connectivity index (χ1n) is 7.02. The molecule has 1 aliphatic rings. The van der Waals surface area contributed by atoms with Crippen molar-refractivity contribution >= 4 is 40.5 Å². The van der Waals surface area contributed by atoms with Crippen LogP contribution in [0.1, 0.15) is 6.42 Å². The Hall–Kier alpha value is -2.05. The number of aromatic nitrogens is 2. The average Bonchev–Trinajstić information content (AvgIpc) is 2.89. The van der Waals surface area contributed by atoms with Gasteiger partial charge in [-0.1, -0.05) is 29.3 Å². The van der Waals surface area contributed by atoms with E-state index in [-0.39, 0.29) is 10.9 Å². The zero-order chi connectivity index (χ0) is 16.6. The smallest absolute Gasteiger partial charge is 0.287 e. The van der Waals surface area contributed by atoms with Crippen molar-refractivity contribution < 1.29 is 4.79 Å². The van der Waals surface area contributed by atoms with E-state index in [0.717, 1.165) is 10.4 Å². The number of carbonyl (C=O) groups excluding carboxylic acids is 1. The second kappa shape index (κ2) is 6.22. The molecule has 1 N–H and O–H groups in total. The van der Waals surface area contributed by atoms with E-state index in [0.29, 0.717) is 23.7 Å². The number of amides is 1. The third-order valence-electron chi connectivity index (χ3n) is 3.73. The molecule has 0 radical (unpaired) electrons. The average molecular weight is 353 g/mol. The van der Waals surface area contributed by atoms with Gasteiger partial charge in [0, 0.05) is 24.3 Å². The monoisotopic (exact) mass is 352 g/mol. The lowest BCUT2D eigenvalue weighted by molar-refractivity contribution is -0.117. The van der Waals surface area contributed by atoms with Gasteiger partial charge in [0.1, 0.15) is 11.1 Å². The standard InChI is InChI=1S/C15H14Cl2N4O2/c1-20-15(23)13(17)12(8-18-20)19-11-5-6-21(14(11)22)10-4-2-3-9(16)7-10/h2-4,7-8,11,19H,5-6H2,1H3. The number of rotatable bonds is 3. The summed E-state index contributed by atoms with van der Waals surface area (Å²) in [6.45, 7) is 0.562. The molecule has 0 saturated carbocycles. The van der Waals surface area contributed by atoms with Crippen LogP contribution in [0.3, 0.4) is 0 Å². The highest BCUT2D eigenvalue weighted by molar-refractivity contribution is 6.33. The third kappa shape index (κ3) is 3.04. The lowest BCUT2D eigenvalue weighted by Gasteiger charge is -2.18. The number of benzene rings is 1. The molecule has 0 spiro atoms. The van der Waals surface area contributed by atoms with Gasteiger partial charge in [-0.15, -0.1) is 0 Å². The minimum atomic E-state index is -0.458. The molecule has 1 atom stereocenters. The van der Waals surface area contributed by atoms with E-state index in [1.165, 1.54) is 13.2 Å². The van der Waals surface area contributed by atoms with E-state index in [4.69, 9.17) is 23.2 Å². The van der Waals surface area contributed by atoms with E-state index >= 15 is 0 Å². The van der Waals surface area contributed by atoms with Gasteiger partial charge in [-0.05, 0) is 24.6 Å². The highest BCUT2D eigenvalue weighted by Gasteiger charge is 2.33. The summed E-state index contributed by atoms with van der Waals surface area (Å²) < 4.78 is 1.14. The predicted octanol–water partition coefficient (Wildman–Crippen LogP) is 2.30. The highest BCUT2D eigenvalue weighted by Crippen LogP contribution is 2.26. The maximum absolute atomic E-state index is 12.6. The molecule has 23 heavy (non-hydrogen) atoms. The fourth-order valence-corrected chi connectivity index (χ4v) is 2.92. The first-order chi connectivity index (χ1) is 11.0. The fourth-order valence-electron chi connectivity index (χ4n) is 2.51. The van der Waals surface area contributed by atoms with Crippen molar-refractivity contribution in [2.45, 2.75) is 12.5 Å². The van der Waals surface area contributed by atoms with Gasteiger partial charge in [0.05, 0.1) is 11.9 Å². The van der Waals surface area contributed by atoms with Crippen molar-refractivity contribution in [3.63, 3.8) is 0 Å². The van der Waals surface area contributed by atoms with E-state index in [9.17, 15) is 9.59 Å². The first-order valence-corrected chi connectivity index (χ1v) is 7.78. The van der Waals surface area contributed by atoms with Crippen molar-refractivity contribution in [1.82, 2.24) is 9.78 Å². The maximum Gasteiger partial charge on any atom is 0.287 e. The summed E-state index contributed by atoms with van der Waals surface area (Å²) >= 11 is 12.0. The van der Waals surface area contributed by atoms with Gasteiger partial charge in [0.25, 0.3) is 5.56 Å². The summed E-state index contributed by atoms with van der Waals surface area (Å²) in [7, 11) is 1.51. The van der Waals surface area contributed by atoms with E-state index < -0.39 is 11.6 Å². The Morgan fingerprint density at radius 3 is 2.83 bits per heavy atom. The topological polar surface area (TPSA) is 67.2 Å². The number of nitrogens with one attached hydrogen (secondary N) is 1. The first kappa shape index (κ1) is 15.8. The summed E-state index contributed by atoms with van der Waals surface area (Å²) in [5.74, 6) is -0.0935. The fraction of sp³-hybridized carbons (Fsp3) is 0.267. The SMILES string of the molecule is Cn1ncc(NC2CCN(c3cccc(Cl)c3)C2=O)c(Cl)c1=O. The minimum absolute atomic E-state index is 0.0245. The Balaban J connectivity index is 1.80. The number of hydrogen-bond donors (Lipinski definition) is 1. The van der Waals surface area contributed by atoms with Gasteiger partial charge in [-0.2, -0.15) is 5.10 Å². The van der Waals surface area contributed by atoms with Crippen LogP contribution in [0.25, 0.3) is 0 Å². The zero-order valence-corrected chi connectivity index (χ0v) is 13.8. The van der Waals surface area contributed by atoms with Gasteiger partial charge < -0.3 is 10.2 Å². The van der Waals surface area contributed by atoms with Crippen LogP contribution in [0, 0.1) is 0 Å². The summed E-state index contributed by atoms with van der Waals surface area (Å²) in [4.78, 5) is 26.0. The Morgan fingerprint density at radius 2 is 2.09 bits per heavy atom. The summed E-state index contributed by atoms with van der Waals surface area (Å²) in [5.41, 5.74) is 0.704. The van der Waals surface area contributed by atoms with Crippen LogP contribution in [0.15, 0.2) is 35.3 Å². The molecule has 6 nitrogen and oxygen atoms in total. The number of aryl methyl sites for hydroxylation is 1. The molecule has 1 saturated heterocycles. The van der Waals surface area contributed by atoms with Crippen LogP contribution in [0.2, 0.25) is 10.0 Å². The predicted molar refractivity (Wildman–Crippen MR) is 90.3 cm³/mol. The van der Waals surface area contributed by atoms with E-state index in [2.05, 4.69) is 10.4 Å². The summed E-state index contributed by atoms with van der Waals surface area (Å²) in [6.07, 6.45) is 2.04. The molecule has 120 valence electrons. The maximum atomic E-state index is 12.6. The van der Waals surface area contributed by atoms with Gasteiger partial charge in [-0.25, -0.2) is 4.68 Å². The van der Waals surface area contributed by atoms with Crippen molar-refractivity contribution in [3.8, 4) is 0 Å². The second-order valence-electron chi connectivity index (χ2n) is 5.26. The molecule has 1 fully saturated rings. The van der Waals surface area contributed by atoms with Gasteiger partial charge >= 0.3 is 0 Å². The van der Waals surface area contributed by atoms with Crippen LogP contribution < -0.4 is 15.8 Å². The summed E-state index contributed by atoms with van der Waals surface area (Å²) in [5, 5.41) is 7.52. The van der Waals surface area contributed by atoms with Crippen LogP contribution in [0.5, 0.6) is 0 Å². The molecular weight excluding hydrogens is 339 g/mol. The molecule has 2 heterocycles. The molecule has 1 amide bonds.